The number of piperidine rings is 1. The highest BCUT2D eigenvalue weighted by molar-refractivity contribution is 5.96. The summed E-state index contributed by atoms with van der Waals surface area (Å²) in [5.41, 5.74) is 7.88. The van der Waals surface area contributed by atoms with Gasteiger partial charge >= 0.3 is 0 Å². The first-order valence-corrected chi connectivity index (χ1v) is 7.80. The van der Waals surface area contributed by atoms with Crippen molar-refractivity contribution < 1.29 is 4.79 Å². The minimum atomic E-state index is 0.160. The van der Waals surface area contributed by atoms with E-state index in [0.29, 0.717) is 12.5 Å². The second-order valence-corrected chi connectivity index (χ2v) is 5.70. The number of carbonyl (C=O) groups excluding carboxylic acids is 1. The van der Waals surface area contributed by atoms with Crippen LogP contribution in [0.4, 0.5) is 0 Å². The summed E-state index contributed by atoms with van der Waals surface area (Å²) in [6.45, 7) is 5.73. The molecule has 1 amide bonds. The molecule has 1 fully saturated rings. The summed E-state index contributed by atoms with van der Waals surface area (Å²) in [6.07, 6.45) is 4.23. The molecule has 2 atom stereocenters. The molecule has 2 unspecified atom stereocenters. The Morgan fingerprint density at radius 2 is 2.10 bits per heavy atom. The summed E-state index contributed by atoms with van der Waals surface area (Å²) < 4.78 is 0. The van der Waals surface area contributed by atoms with Gasteiger partial charge in [-0.3, -0.25) is 4.79 Å². The van der Waals surface area contributed by atoms with Crippen molar-refractivity contribution in [2.45, 2.75) is 45.6 Å². The van der Waals surface area contributed by atoms with E-state index >= 15 is 0 Å². The minimum absolute atomic E-state index is 0.160. The van der Waals surface area contributed by atoms with E-state index in [-0.39, 0.29) is 11.9 Å². The first kappa shape index (κ1) is 15.0. The van der Waals surface area contributed by atoms with Crippen LogP contribution < -0.4 is 5.73 Å². The molecule has 0 radical (unpaired) electrons. The third-order valence-corrected chi connectivity index (χ3v) is 4.56. The van der Waals surface area contributed by atoms with E-state index in [1.165, 1.54) is 6.42 Å². The molecule has 1 saturated heterocycles. The number of hydrogen-bond donors (Lipinski definition) is 1. The van der Waals surface area contributed by atoms with Gasteiger partial charge < -0.3 is 10.6 Å². The number of likely N-dealkylation sites (tertiary alicyclic amines) is 1. The van der Waals surface area contributed by atoms with Crippen molar-refractivity contribution >= 4 is 5.91 Å². The molecule has 1 aliphatic rings. The van der Waals surface area contributed by atoms with Crippen LogP contribution in [0.1, 0.15) is 49.0 Å². The highest BCUT2D eigenvalue weighted by Crippen LogP contribution is 2.27. The maximum atomic E-state index is 12.8. The number of aryl methyl sites for hydroxylation is 1. The smallest absolute Gasteiger partial charge is 0.254 e. The van der Waals surface area contributed by atoms with E-state index in [1.807, 2.05) is 29.2 Å². The van der Waals surface area contributed by atoms with Gasteiger partial charge in [0.15, 0.2) is 0 Å². The van der Waals surface area contributed by atoms with Crippen molar-refractivity contribution in [3.05, 3.63) is 35.4 Å². The van der Waals surface area contributed by atoms with Crippen LogP contribution in [-0.4, -0.2) is 29.9 Å². The zero-order chi connectivity index (χ0) is 14.5. The Morgan fingerprint density at radius 1 is 1.35 bits per heavy atom. The fraction of sp³-hybridized carbons (Fsp3) is 0.588. The summed E-state index contributed by atoms with van der Waals surface area (Å²) in [4.78, 5) is 14.8. The van der Waals surface area contributed by atoms with E-state index < -0.39 is 0 Å². The van der Waals surface area contributed by atoms with Gasteiger partial charge in [0.1, 0.15) is 0 Å². The van der Waals surface area contributed by atoms with Crippen molar-refractivity contribution in [2.75, 3.05) is 13.1 Å². The lowest BCUT2D eigenvalue weighted by atomic mass is 9.88. The molecule has 2 N–H and O–H groups in total. The van der Waals surface area contributed by atoms with Crippen molar-refractivity contribution in [3.8, 4) is 0 Å². The molecule has 1 aromatic rings. The summed E-state index contributed by atoms with van der Waals surface area (Å²) in [6, 6.07) is 8.14. The summed E-state index contributed by atoms with van der Waals surface area (Å²) in [5.74, 6) is 0.876. The fourth-order valence-corrected chi connectivity index (χ4v) is 3.19. The largest absolute Gasteiger partial charge is 0.334 e. The molecule has 110 valence electrons. The molecule has 3 heteroatoms. The molecule has 0 bridgehead atoms. The zero-order valence-electron chi connectivity index (χ0n) is 12.6. The molecule has 0 spiro atoms. The van der Waals surface area contributed by atoms with Crippen LogP contribution in [-0.2, 0) is 6.42 Å². The first-order valence-electron chi connectivity index (χ1n) is 7.80. The number of amides is 1. The summed E-state index contributed by atoms with van der Waals surface area (Å²) in [7, 11) is 0. The van der Waals surface area contributed by atoms with Gasteiger partial charge in [0.2, 0.25) is 0 Å². The fourth-order valence-electron chi connectivity index (χ4n) is 3.19. The highest BCUT2D eigenvalue weighted by atomic mass is 16.2. The van der Waals surface area contributed by atoms with Crippen LogP contribution in [0.2, 0.25) is 0 Å². The van der Waals surface area contributed by atoms with Crippen LogP contribution in [0.5, 0.6) is 0 Å². The molecular weight excluding hydrogens is 248 g/mol. The Labute approximate surface area is 122 Å². The zero-order valence-corrected chi connectivity index (χ0v) is 12.6. The van der Waals surface area contributed by atoms with E-state index in [1.54, 1.807) is 0 Å². The van der Waals surface area contributed by atoms with E-state index in [0.717, 1.165) is 36.9 Å². The lowest BCUT2D eigenvalue weighted by Crippen LogP contribution is -2.49. The minimum Gasteiger partial charge on any atom is -0.334 e. The Balaban J connectivity index is 2.19. The van der Waals surface area contributed by atoms with Gasteiger partial charge in [0.05, 0.1) is 0 Å². The maximum Gasteiger partial charge on any atom is 0.254 e. The third-order valence-electron chi connectivity index (χ3n) is 4.56. The lowest BCUT2D eigenvalue weighted by Gasteiger charge is -2.39. The highest BCUT2D eigenvalue weighted by Gasteiger charge is 2.31. The first-order chi connectivity index (χ1) is 9.71. The van der Waals surface area contributed by atoms with Crippen LogP contribution in [0.3, 0.4) is 0 Å². The van der Waals surface area contributed by atoms with E-state index in [9.17, 15) is 4.79 Å². The third kappa shape index (κ3) is 3.04. The average molecular weight is 274 g/mol. The number of rotatable bonds is 4. The van der Waals surface area contributed by atoms with Gasteiger partial charge in [-0.05, 0) is 36.8 Å². The number of nitrogens with zero attached hydrogens (tertiary/aromatic N) is 1. The topological polar surface area (TPSA) is 46.3 Å². The molecule has 1 heterocycles. The summed E-state index contributed by atoms with van der Waals surface area (Å²) in [5, 5.41) is 0. The number of hydrogen-bond acceptors (Lipinski definition) is 2. The van der Waals surface area contributed by atoms with Crippen molar-refractivity contribution in [1.29, 1.82) is 0 Å². The SMILES string of the molecule is CCc1ccccc1C(=O)N1CCC(CC)CC1CN. The van der Waals surface area contributed by atoms with Gasteiger partial charge in [-0.25, -0.2) is 0 Å². The van der Waals surface area contributed by atoms with Crippen molar-refractivity contribution in [2.24, 2.45) is 11.7 Å². The van der Waals surface area contributed by atoms with Gasteiger partial charge in [0, 0.05) is 24.7 Å². The van der Waals surface area contributed by atoms with Crippen LogP contribution in [0.25, 0.3) is 0 Å². The van der Waals surface area contributed by atoms with Crippen LogP contribution in [0.15, 0.2) is 24.3 Å². The van der Waals surface area contributed by atoms with Gasteiger partial charge in [-0.1, -0.05) is 38.5 Å². The standard InChI is InChI=1S/C17H26N2O/c1-3-13-9-10-19(15(11-13)12-18)17(20)16-8-6-5-7-14(16)4-2/h5-8,13,15H,3-4,9-12,18H2,1-2H3. The number of nitrogens with two attached hydrogens (primary N) is 1. The second kappa shape index (κ2) is 6.89. The maximum absolute atomic E-state index is 12.8. The second-order valence-electron chi connectivity index (χ2n) is 5.70. The van der Waals surface area contributed by atoms with Crippen molar-refractivity contribution in [1.82, 2.24) is 4.90 Å². The Morgan fingerprint density at radius 3 is 2.75 bits per heavy atom. The lowest BCUT2D eigenvalue weighted by molar-refractivity contribution is 0.0557. The molecule has 20 heavy (non-hydrogen) atoms. The number of benzene rings is 1. The number of carbonyl (C=O) groups is 1. The molecule has 0 saturated carbocycles. The van der Waals surface area contributed by atoms with Crippen molar-refractivity contribution in [3.63, 3.8) is 0 Å². The van der Waals surface area contributed by atoms with Gasteiger partial charge in [-0.2, -0.15) is 0 Å². The molecule has 1 aliphatic heterocycles. The normalized spacial score (nSPS) is 22.9. The van der Waals surface area contributed by atoms with Crippen LogP contribution in [0, 0.1) is 5.92 Å². The molecule has 0 aromatic heterocycles. The molecule has 1 aromatic carbocycles. The molecule has 0 aliphatic carbocycles. The Hall–Kier alpha value is -1.35. The predicted molar refractivity (Wildman–Crippen MR) is 82.7 cm³/mol. The molecule has 2 rings (SSSR count). The van der Waals surface area contributed by atoms with Gasteiger partial charge in [-0.15, -0.1) is 0 Å². The quantitative estimate of drug-likeness (QED) is 0.917. The Bertz CT molecular complexity index is 458. The molecule has 3 nitrogen and oxygen atoms in total. The van der Waals surface area contributed by atoms with E-state index in [4.69, 9.17) is 5.73 Å². The molecular formula is C17H26N2O. The summed E-state index contributed by atoms with van der Waals surface area (Å²) >= 11 is 0. The average Bonchev–Trinajstić information content (AvgIpc) is 2.53. The van der Waals surface area contributed by atoms with Gasteiger partial charge in [0.25, 0.3) is 5.91 Å². The monoisotopic (exact) mass is 274 g/mol. The Kier molecular flexibility index (Phi) is 5.18. The van der Waals surface area contributed by atoms with E-state index in [2.05, 4.69) is 13.8 Å². The van der Waals surface area contributed by atoms with Crippen LogP contribution >= 0.6 is 0 Å². The predicted octanol–water partition coefficient (Wildman–Crippen LogP) is 2.84.